The molecule has 0 fully saturated rings. The molecular weight excluding hydrogens is 245 g/mol. The number of likely N-dealkylation sites (N-methyl/N-ethyl adjacent to an activating group) is 1. The fraction of sp³-hybridized carbons (Fsp3) is 0.417. The minimum absolute atomic E-state index is 0.119. The summed E-state index contributed by atoms with van der Waals surface area (Å²) >= 11 is 0. The summed E-state index contributed by atoms with van der Waals surface area (Å²) in [6.07, 6.45) is -5.23. The van der Waals surface area contributed by atoms with Gasteiger partial charge < -0.3 is 10.6 Å². The minimum Gasteiger partial charge on any atom is -0.325 e. The number of aryl methyl sites for hydroxylation is 1. The van der Waals surface area contributed by atoms with Gasteiger partial charge in [0.2, 0.25) is 5.91 Å². The maximum Gasteiger partial charge on any atom is 0.389 e. The molecule has 0 saturated carbocycles. The molecule has 6 heteroatoms. The molecule has 0 aliphatic rings. The molecule has 1 aromatic carbocycles. The van der Waals surface area contributed by atoms with Gasteiger partial charge in [0.25, 0.3) is 0 Å². The highest BCUT2D eigenvalue weighted by molar-refractivity contribution is 5.92. The number of alkyl halides is 3. The van der Waals surface area contributed by atoms with Crippen molar-refractivity contribution in [1.82, 2.24) is 5.32 Å². The third kappa shape index (κ3) is 5.18. The third-order valence-electron chi connectivity index (χ3n) is 2.31. The predicted molar refractivity (Wildman–Crippen MR) is 63.4 cm³/mol. The molecule has 0 radical (unpaired) electrons. The maximum atomic E-state index is 12.2. The van der Waals surface area contributed by atoms with E-state index in [1.165, 1.54) is 0 Å². The molecule has 1 amide bonds. The van der Waals surface area contributed by atoms with E-state index in [4.69, 9.17) is 0 Å². The Morgan fingerprint density at radius 2 is 1.94 bits per heavy atom. The number of amides is 1. The van der Waals surface area contributed by atoms with E-state index in [-0.39, 0.29) is 18.9 Å². The molecule has 0 aromatic heterocycles. The highest BCUT2D eigenvalue weighted by atomic mass is 19.4. The van der Waals surface area contributed by atoms with Crippen molar-refractivity contribution in [3.05, 3.63) is 29.8 Å². The fourth-order valence-corrected chi connectivity index (χ4v) is 1.49. The van der Waals surface area contributed by atoms with Gasteiger partial charge in [0.15, 0.2) is 0 Å². The first-order valence-electron chi connectivity index (χ1n) is 5.51. The van der Waals surface area contributed by atoms with Crippen LogP contribution in [0.2, 0.25) is 0 Å². The number of anilines is 1. The van der Waals surface area contributed by atoms with Crippen LogP contribution in [0.25, 0.3) is 0 Å². The van der Waals surface area contributed by atoms with Crippen LogP contribution in [-0.4, -0.2) is 25.7 Å². The van der Waals surface area contributed by atoms with Crippen LogP contribution in [-0.2, 0) is 11.2 Å². The third-order valence-corrected chi connectivity index (χ3v) is 2.31. The SMILES string of the molecule is CNCC(=O)Nc1ccccc1CCC(F)(F)F. The van der Waals surface area contributed by atoms with Gasteiger partial charge in [-0.25, -0.2) is 0 Å². The van der Waals surface area contributed by atoms with Crippen molar-refractivity contribution in [2.45, 2.75) is 19.0 Å². The lowest BCUT2D eigenvalue weighted by Gasteiger charge is -2.12. The molecule has 1 rings (SSSR count). The second-order valence-corrected chi connectivity index (χ2v) is 3.85. The zero-order valence-corrected chi connectivity index (χ0v) is 9.97. The number of para-hydroxylation sites is 1. The Kier molecular flexibility index (Phi) is 5.15. The van der Waals surface area contributed by atoms with Crippen LogP contribution in [0.4, 0.5) is 18.9 Å². The van der Waals surface area contributed by atoms with Crippen LogP contribution >= 0.6 is 0 Å². The van der Waals surface area contributed by atoms with Crippen molar-refractivity contribution in [3.8, 4) is 0 Å². The number of benzene rings is 1. The first-order valence-corrected chi connectivity index (χ1v) is 5.51. The van der Waals surface area contributed by atoms with Crippen LogP contribution in [0.5, 0.6) is 0 Å². The number of carbonyl (C=O) groups is 1. The molecule has 0 aliphatic heterocycles. The van der Waals surface area contributed by atoms with Gasteiger partial charge in [0.1, 0.15) is 0 Å². The van der Waals surface area contributed by atoms with Crippen molar-refractivity contribution >= 4 is 11.6 Å². The zero-order valence-electron chi connectivity index (χ0n) is 9.97. The first-order chi connectivity index (χ1) is 8.42. The number of hydrogen-bond acceptors (Lipinski definition) is 2. The summed E-state index contributed by atoms with van der Waals surface area (Å²) in [5.41, 5.74) is 0.918. The smallest absolute Gasteiger partial charge is 0.325 e. The summed E-state index contributed by atoms with van der Waals surface area (Å²) in [7, 11) is 1.62. The van der Waals surface area contributed by atoms with Crippen LogP contribution < -0.4 is 10.6 Å². The van der Waals surface area contributed by atoms with Crippen molar-refractivity contribution in [1.29, 1.82) is 0 Å². The Morgan fingerprint density at radius 3 is 2.56 bits per heavy atom. The topological polar surface area (TPSA) is 41.1 Å². The molecule has 1 aromatic rings. The summed E-state index contributed by atoms with van der Waals surface area (Å²) < 4.78 is 36.5. The Morgan fingerprint density at radius 1 is 1.28 bits per heavy atom. The van der Waals surface area contributed by atoms with E-state index in [1.807, 2.05) is 0 Å². The molecular formula is C12H15F3N2O. The normalized spacial score (nSPS) is 11.3. The quantitative estimate of drug-likeness (QED) is 0.853. The molecule has 0 saturated heterocycles. The van der Waals surface area contributed by atoms with E-state index < -0.39 is 12.6 Å². The zero-order chi connectivity index (χ0) is 13.6. The Labute approximate surface area is 103 Å². The Balaban J connectivity index is 2.70. The van der Waals surface area contributed by atoms with Crippen molar-refractivity contribution in [2.24, 2.45) is 0 Å². The highest BCUT2D eigenvalue weighted by Gasteiger charge is 2.26. The summed E-state index contributed by atoms with van der Waals surface area (Å²) in [5.74, 6) is -0.281. The molecule has 0 atom stereocenters. The molecule has 2 N–H and O–H groups in total. The van der Waals surface area contributed by atoms with E-state index >= 15 is 0 Å². The lowest BCUT2D eigenvalue weighted by molar-refractivity contribution is -0.133. The molecule has 0 aliphatic carbocycles. The van der Waals surface area contributed by atoms with Gasteiger partial charge in [-0.05, 0) is 25.1 Å². The van der Waals surface area contributed by atoms with Gasteiger partial charge in [0, 0.05) is 12.1 Å². The molecule has 100 valence electrons. The van der Waals surface area contributed by atoms with Gasteiger partial charge >= 0.3 is 6.18 Å². The number of carbonyl (C=O) groups excluding carboxylic acids is 1. The minimum atomic E-state index is -4.19. The Hall–Kier alpha value is -1.56. The van der Waals surface area contributed by atoms with E-state index in [1.54, 1.807) is 31.3 Å². The number of hydrogen-bond donors (Lipinski definition) is 2. The molecule has 3 nitrogen and oxygen atoms in total. The summed E-state index contributed by atoms with van der Waals surface area (Å²) in [4.78, 5) is 11.4. The number of halogens is 3. The van der Waals surface area contributed by atoms with Crippen LogP contribution in [0.1, 0.15) is 12.0 Å². The van der Waals surface area contributed by atoms with Crippen molar-refractivity contribution in [3.63, 3.8) is 0 Å². The van der Waals surface area contributed by atoms with Crippen LogP contribution in [0, 0.1) is 0 Å². The average molecular weight is 260 g/mol. The fourth-order valence-electron chi connectivity index (χ4n) is 1.49. The van der Waals surface area contributed by atoms with Gasteiger partial charge in [-0.3, -0.25) is 4.79 Å². The predicted octanol–water partition coefficient (Wildman–Crippen LogP) is 2.34. The summed E-state index contributed by atoms with van der Waals surface area (Å²) in [5, 5.41) is 5.25. The molecule has 18 heavy (non-hydrogen) atoms. The van der Waals surface area contributed by atoms with E-state index in [9.17, 15) is 18.0 Å². The molecule has 0 unspecified atom stereocenters. The first kappa shape index (κ1) is 14.5. The van der Waals surface area contributed by atoms with Gasteiger partial charge in [0.05, 0.1) is 6.54 Å². The van der Waals surface area contributed by atoms with Gasteiger partial charge in [-0.1, -0.05) is 18.2 Å². The Bertz CT molecular complexity index is 405. The van der Waals surface area contributed by atoms with Crippen molar-refractivity contribution in [2.75, 3.05) is 18.9 Å². The second-order valence-electron chi connectivity index (χ2n) is 3.85. The largest absolute Gasteiger partial charge is 0.389 e. The molecule has 0 spiro atoms. The number of rotatable bonds is 5. The summed E-state index contributed by atoms with van der Waals surface area (Å²) in [6.45, 7) is 0.119. The maximum absolute atomic E-state index is 12.2. The van der Waals surface area contributed by atoms with Crippen LogP contribution in [0.3, 0.4) is 0 Å². The average Bonchev–Trinajstić information content (AvgIpc) is 2.27. The molecule has 0 heterocycles. The monoisotopic (exact) mass is 260 g/mol. The second kappa shape index (κ2) is 6.39. The van der Waals surface area contributed by atoms with Gasteiger partial charge in [-0.15, -0.1) is 0 Å². The van der Waals surface area contributed by atoms with Crippen LogP contribution in [0.15, 0.2) is 24.3 Å². The highest BCUT2D eigenvalue weighted by Crippen LogP contribution is 2.25. The lowest BCUT2D eigenvalue weighted by atomic mass is 10.1. The lowest BCUT2D eigenvalue weighted by Crippen LogP contribution is -2.25. The van der Waals surface area contributed by atoms with E-state index in [2.05, 4.69) is 10.6 Å². The standard InChI is InChI=1S/C12H15F3N2O/c1-16-8-11(18)17-10-5-3-2-4-9(10)6-7-12(13,14)15/h2-5,16H,6-8H2,1H3,(H,17,18). The van der Waals surface area contributed by atoms with E-state index in [0.29, 0.717) is 11.3 Å². The molecule has 0 bridgehead atoms. The summed E-state index contributed by atoms with van der Waals surface area (Å²) in [6, 6.07) is 6.51. The number of nitrogens with one attached hydrogen (secondary N) is 2. The van der Waals surface area contributed by atoms with E-state index in [0.717, 1.165) is 0 Å². The van der Waals surface area contributed by atoms with Crippen molar-refractivity contribution < 1.29 is 18.0 Å². The van der Waals surface area contributed by atoms with Gasteiger partial charge in [-0.2, -0.15) is 13.2 Å².